The fourth-order valence-corrected chi connectivity index (χ4v) is 3.97. The third kappa shape index (κ3) is 3.99. The van der Waals surface area contributed by atoms with Crippen molar-refractivity contribution in [3.63, 3.8) is 0 Å². The number of amides is 2. The van der Waals surface area contributed by atoms with Crippen molar-refractivity contribution in [1.82, 2.24) is 14.9 Å². The average molecular weight is 422 g/mol. The van der Waals surface area contributed by atoms with Crippen molar-refractivity contribution in [2.75, 3.05) is 18.6 Å². The van der Waals surface area contributed by atoms with E-state index in [4.69, 9.17) is 4.74 Å². The first-order valence-corrected chi connectivity index (χ1v) is 9.64. The second kappa shape index (κ2) is 7.66. The summed E-state index contributed by atoms with van der Waals surface area (Å²) in [5.41, 5.74) is 1.30. The number of aryl methyl sites for hydroxylation is 1. The molecule has 160 valence electrons. The summed E-state index contributed by atoms with van der Waals surface area (Å²) in [6.07, 6.45) is -2.83. The Morgan fingerprint density at radius 2 is 2.10 bits per heavy atom. The van der Waals surface area contributed by atoms with E-state index in [1.807, 2.05) is 0 Å². The zero-order chi connectivity index (χ0) is 21.5. The van der Waals surface area contributed by atoms with Gasteiger partial charge >= 0.3 is 6.18 Å². The van der Waals surface area contributed by atoms with Crippen molar-refractivity contribution < 1.29 is 27.5 Å². The lowest BCUT2D eigenvalue weighted by Crippen LogP contribution is -2.50. The van der Waals surface area contributed by atoms with E-state index in [0.717, 1.165) is 0 Å². The van der Waals surface area contributed by atoms with Gasteiger partial charge in [-0.1, -0.05) is 12.1 Å². The number of benzene rings is 1. The van der Waals surface area contributed by atoms with Crippen LogP contribution < -0.4 is 15.0 Å². The predicted octanol–water partition coefficient (Wildman–Crippen LogP) is 2.55. The molecule has 1 aromatic heterocycles. The van der Waals surface area contributed by atoms with Crippen molar-refractivity contribution in [2.24, 2.45) is 5.92 Å². The number of ether oxygens (including phenoxy) is 1. The molecule has 0 radical (unpaired) electrons. The van der Waals surface area contributed by atoms with E-state index in [0.29, 0.717) is 30.0 Å². The molecule has 2 aromatic rings. The second-order valence-corrected chi connectivity index (χ2v) is 7.61. The van der Waals surface area contributed by atoms with E-state index in [9.17, 15) is 22.8 Å². The Bertz CT molecular complexity index is 972. The maximum atomic E-state index is 12.8. The molecule has 0 saturated carbocycles. The number of carbonyl (C=O) groups is 2. The molecule has 2 atom stereocenters. The van der Waals surface area contributed by atoms with Gasteiger partial charge in [0, 0.05) is 31.9 Å². The number of hydrogen-bond acceptors (Lipinski definition) is 4. The summed E-state index contributed by atoms with van der Waals surface area (Å²) in [5.74, 6) is -1.04. The molecule has 0 bridgehead atoms. The number of imidazole rings is 1. The van der Waals surface area contributed by atoms with Crippen molar-refractivity contribution in [3.8, 4) is 5.75 Å². The molecule has 1 N–H and O–H groups in total. The van der Waals surface area contributed by atoms with Crippen LogP contribution in [-0.4, -0.2) is 47.2 Å². The van der Waals surface area contributed by atoms with Crippen LogP contribution in [0.2, 0.25) is 0 Å². The molecule has 3 heterocycles. The maximum Gasteiger partial charge on any atom is 0.389 e. The Labute approximate surface area is 170 Å². The Morgan fingerprint density at radius 1 is 1.33 bits per heavy atom. The Kier molecular flexibility index (Phi) is 5.17. The van der Waals surface area contributed by atoms with Crippen LogP contribution in [0.25, 0.3) is 0 Å². The van der Waals surface area contributed by atoms with Crippen LogP contribution in [0.15, 0.2) is 30.5 Å². The van der Waals surface area contributed by atoms with Crippen molar-refractivity contribution in [1.29, 1.82) is 0 Å². The van der Waals surface area contributed by atoms with E-state index in [-0.39, 0.29) is 24.9 Å². The monoisotopic (exact) mass is 422 g/mol. The molecular weight excluding hydrogens is 401 g/mol. The van der Waals surface area contributed by atoms with Crippen LogP contribution in [0.5, 0.6) is 5.75 Å². The van der Waals surface area contributed by atoms with E-state index in [2.05, 4.69) is 10.3 Å². The number of nitrogens with zero attached hydrogens (tertiary/aromatic N) is 3. The summed E-state index contributed by atoms with van der Waals surface area (Å²) in [7, 11) is 1.59. The van der Waals surface area contributed by atoms with E-state index >= 15 is 0 Å². The van der Waals surface area contributed by atoms with Crippen molar-refractivity contribution >= 4 is 17.5 Å². The summed E-state index contributed by atoms with van der Waals surface area (Å²) in [5, 5.41) is 2.63. The molecule has 0 fully saturated rings. The molecule has 30 heavy (non-hydrogen) atoms. The van der Waals surface area contributed by atoms with Crippen molar-refractivity contribution in [3.05, 3.63) is 42.0 Å². The van der Waals surface area contributed by atoms with Gasteiger partial charge in [0.15, 0.2) is 5.82 Å². The maximum absolute atomic E-state index is 12.8. The number of para-hydroxylation sites is 2. The molecular formula is C20H21F3N4O3. The van der Waals surface area contributed by atoms with Crippen LogP contribution in [-0.2, 0) is 17.8 Å². The highest BCUT2D eigenvalue weighted by Gasteiger charge is 2.36. The van der Waals surface area contributed by atoms with E-state index in [1.54, 1.807) is 31.3 Å². The van der Waals surface area contributed by atoms with Crippen LogP contribution in [0, 0.1) is 5.92 Å². The fraction of sp³-hybridized carbons (Fsp3) is 0.450. The Hall–Kier alpha value is -3.04. The molecule has 7 nitrogen and oxygen atoms in total. The number of fused-ring (bicyclic) bond motifs is 2. The third-order valence-electron chi connectivity index (χ3n) is 5.48. The van der Waals surface area contributed by atoms with Crippen molar-refractivity contribution in [2.45, 2.75) is 38.0 Å². The summed E-state index contributed by atoms with van der Waals surface area (Å²) in [6.45, 7) is 0.00818. The van der Waals surface area contributed by atoms with Gasteiger partial charge in [-0.15, -0.1) is 0 Å². The number of likely N-dealkylation sites (N-methyl/N-ethyl adjacent to an activating group) is 1. The quantitative estimate of drug-likeness (QED) is 0.825. The number of alkyl halides is 3. The number of halogens is 3. The molecule has 2 aliphatic heterocycles. The zero-order valence-electron chi connectivity index (χ0n) is 16.3. The van der Waals surface area contributed by atoms with Gasteiger partial charge in [-0.3, -0.25) is 9.59 Å². The van der Waals surface area contributed by atoms with Gasteiger partial charge in [0.2, 0.25) is 0 Å². The SMILES string of the molecule is CN1C(=O)[C@@H](NC(=O)c2ncc3n2CC(CC(F)(F)F)CC3)COc2ccccc21. The summed E-state index contributed by atoms with van der Waals surface area (Å²) < 4.78 is 45.5. The Morgan fingerprint density at radius 3 is 2.87 bits per heavy atom. The molecule has 0 saturated heterocycles. The van der Waals surface area contributed by atoms with E-state index < -0.39 is 30.5 Å². The first kappa shape index (κ1) is 20.2. The topological polar surface area (TPSA) is 76.5 Å². The highest BCUT2D eigenvalue weighted by Crippen LogP contribution is 2.32. The number of aromatic nitrogens is 2. The van der Waals surface area contributed by atoms with Gasteiger partial charge in [0.25, 0.3) is 11.8 Å². The molecule has 2 amide bonds. The van der Waals surface area contributed by atoms with Gasteiger partial charge < -0.3 is 19.5 Å². The van der Waals surface area contributed by atoms with Gasteiger partial charge in [0.1, 0.15) is 18.4 Å². The van der Waals surface area contributed by atoms with Crippen LogP contribution in [0.1, 0.15) is 29.2 Å². The third-order valence-corrected chi connectivity index (χ3v) is 5.48. The molecule has 1 unspecified atom stereocenters. The first-order valence-electron chi connectivity index (χ1n) is 9.64. The van der Waals surface area contributed by atoms with Crippen LogP contribution in [0.4, 0.5) is 18.9 Å². The minimum Gasteiger partial charge on any atom is -0.489 e. The number of hydrogen-bond donors (Lipinski definition) is 1. The van der Waals surface area contributed by atoms with E-state index in [1.165, 1.54) is 15.7 Å². The minimum atomic E-state index is -4.26. The molecule has 4 rings (SSSR count). The van der Waals surface area contributed by atoms with Crippen LogP contribution in [0.3, 0.4) is 0 Å². The lowest BCUT2D eigenvalue weighted by molar-refractivity contribution is -0.146. The largest absolute Gasteiger partial charge is 0.489 e. The highest BCUT2D eigenvalue weighted by molar-refractivity contribution is 6.02. The fourth-order valence-electron chi connectivity index (χ4n) is 3.97. The standard InChI is InChI=1S/C20H21F3N4O3/c1-26-15-4-2-3-5-16(15)30-11-14(19(26)29)25-18(28)17-24-9-13-7-6-12(10-27(13)17)8-20(21,22)23/h2-5,9,12,14H,6-8,10-11H2,1H3,(H,25,28)/t12?,14-/m0/s1. The molecule has 0 aliphatic carbocycles. The molecule has 10 heteroatoms. The van der Waals surface area contributed by atoms with Gasteiger partial charge in [-0.2, -0.15) is 13.2 Å². The second-order valence-electron chi connectivity index (χ2n) is 7.61. The summed E-state index contributed by atoms with van der Waals surface area (Å²) in [6, 6.07) is 6.08. The molecule has 2 aliphatic rings. The summed E-state index contributed by atoms with van der Waals surface area (Å²) in [4.78, 5) is 31.1. The lowest BCUT2D eigenvalue weighted by Gasteiger charge is -2.26. The molecule has 0 spiro atoms. The zero-order valence-corrected chi connectivity index (χ0v) is 16.3. The van der Waals surface area contributed by atoms with Gasteiger partial charge in [0.05, 0.1) is 5.69 Å². The normalized spacial score (nSPS) is 21.3. The minimum absolute atomic E-state index is 0.00842. The molecule has 1 aromatic carbocycles. The smallest absolute Gasteiger partial charge is 0.389 e. The summed E-state index contributed by atoms with van der Waals surface area (Å²) >= 11 is 0. The lowest BCUT2D eigenvalue weighted by atomic mass is 9.94. The Balaban J connectivity index is 1.49. The number of carbonyl (C=O) groups excluding carboxylic acids is 2. The average Bonchev–Trinajstić information content (AvgIpc) is 3.07. The van der Waals surface area contributed by atoms with Crippen LogP contribution >= 0.6 is 0 Å². The number of nitrogens with one attached hydrogen (secondary N) is 1. The number of anilines is 1. The van der Waals surface area contributed by atoms with Gasteiger partial charge in [-0.05, 0) is 30.9 Å². The highest BCUT2D eigenvalue weighted by atomic mass is 19.4. The number of rotatable bonds is 3. The predicted molar refractivity (Wildman–Crippen MR) is 101 cm³/mol. The first-order chi connectivity index (χ1) is 14.2. The van der Waals surface area contributed by atoms with Gasteiger partial charge in [-0.25, -0.2) is 4.98 Å².